The molecule has 0 radical (unpaired) electrons. The summed E-state index contributed by atoms with van der Waals surface area (Å²) in [5.74, 6) is -2.22. The van der Waals surface area contributed by atoms with Gasteiger partial charge in [-0.25, -0.2) is 9.18 Å². The molecule has 1 aromatic carbocycles. The van der Waals surface area contributed by atoms with Crippen LogP contribution in [0.25, 0.3) is 0 Å². The lowest BCUT2D eigenvalue weighted by molar-refractivity contribution is -0.147. The predicted octanol–water partition coefficient (Wildman–Crippen LogP) is 1.76. The van der Waals surface area contributed by atoms with Crippen LogP contribution in [0.3, 0.4) is 0 Å². The number of hydrogen-bond acceptors (Lipinski definition) is 6. The first-order valence-corrected chi connectivity index (χ1v) is 10.6. The van der Waals surface area contributed by atoms with Crippen LogP contribution in [0.5, 0.6) is 0 Å². The number of nitrogens with one attached hydrogen (secondary N) is 1. The van der Waals surface area contributed by atoms with Crippen molar-refractivity contribution in [3.63, 3.8) is 0 Å². The van der Waals surface area contributed by atoms with Crippen LogP contribution in [0.15, 0.2) is 18.2 Å². The van der Waals surface area contributed by atoms with E-state index in [0.29, 0.717) is 31.9 Å². The lowest BCUT2D eigenvalue weighted by Gasteiger charge is -2.36. The standard InChI is InChI=1S/C22H29FN4O5/c1-22(2,3)32-21(31)27-11-9-26(10-12-27)14-5-6-15(16(23)13-14)19(29)24-17-7-8-18(28)25(4)20(17)30/h5-6,13,17H,7-12H2,1-4H3,(H,24,29). The van der Waals surface area contributed by atoms with Crippen LogP contribution >= 0.6 is 0 Å². The number of hydrogen-bond donors (Lipinski definition) is 1. The van der Waals surface area contributed by atoms with Gasteiger partial charge in [0.1, 0.15) is 17.5 Å². The Morgan fingerprint density at radius 1 is 1.12 bits per heavy atom. The Bertz CT molecular complexity index is 921. The maximum atomic E-state index is 14.7. The first-order valence-electron chi connectivity index (χ1n) is 10.6. The van der Waals surface area contributed by atoms with Gasteiger partial charge in [0.15, 0.2) is 0 Å². The third-order valence-electron chi connectivity index (χ3n) is 5.45. The van der Waals surface area contributed by atoms with E-state index in [1.165, 1.54) is 19.2 Å². The van der Waals surface area contributed by atoms with Gasteiger partial charge in [-0.1, -0.05) is 0 Å². The molecule has 1 aromatic rings. The Balaban J connectivity index is 1.60. The van der Waals surface area contributed by atoms with Crippen LogP contribution < -0.4 is 10.2 Å². The summed E-state index contributed by atoms with van der Waals surface area (Å²) in [6.07, 6.45) is -0.0424. The topological polar surface area (TPSA) is 99.3 Å². The molecule has 0 aliphatic carbocycles. The maximum Gasteiger partial charge on any atom is 0.410 e. The van der Waals surface area contributed by atoms with Crippen molar-refractivity contribution >= 4 is 29.5 Å². The van der Waals surface area contributed by atoms with Crippen LogP contribution in [-0.2, 0) is 14.3 Å². The van der Waals surface area contributed by atoms with Crippen molar-refractivity contribution in [1.29, 1.82) is 0 Å². The van der Waals surface area contributed by atoms with E-state index >= 15 is 0 Å². The molecule has 3 rings (SSSR count). The van der Waals surface area contributed by atoms with E-state index < -0.39 is 29.3 Å². The van der Waals surface area contributed by atoms with Crippen molar-refractivity contribution in [3.8, 4) is 0 Å². The number of anilines is 1. The summed E-state index contributed by atoms with van der Waals surface area (Å²) >= 11 is 0. The van der Waals surface area contributed by atoms with Gasteiger partial charge < -0.3 is 19.9 Å². The minimum Gasteiger partial charge on any atom is -0.444 e. The van der Waals surface area contributed by atoms with Gasteiger partial charge in [0, 0.05) is 45.3 Å². The number of ether oxygens (including phenoxy) is 1. The van der Waals surface area contributed by atoms with Gasteiger partial charge in [-0.3, -0.25) is 19.3 Å². The lowest BCUT2D eigenvalue weighted by atomic mass is 10.0. The first-order chi connectivity index (χ1) is 15.0. The summed E-state index contributed by atoms with van der Waals surface area (Å²) in [5.41, 5.74) is -0.142. The van der Waals surface area contributed by atoms with Crippen LogP contribution in [-0.4, -0.2) is 78.5 Å². The molecule has 32 heavy (non-hydrogen) atoms. The van der Waals surface area contributed by atoms with Gasteiger partial charge in [-0.05, 0) is 45.4 Å². The van der Waals surface area contributed by atoms with Crippen molar-refractivity contribution in [1.82, 2.24) is 15.1 Å². The number of nitrogens with zero attached hydrogens (tertiary/aromatic N) is 3. The normalized spacial score (nSPS) is 19.8. The summed E-state index contributed by atoms with van der Waals surface area (Å²) in [5, 5.41) is 2.52. The van der Waals surface area contributed by atoms with Crippen molar-refractivity contribution in [2.75, 3.05) is 38.1 Å². The molecule has 2 fully saturated rings. The van der Waals surface area contributed by atoms with Gasteiger partial charge in [0.2, 0.25) is 5.91 Å². The fraction of sp³-hybridized carbons (Fsp3) is 0.545. The Morgan fingerprint density at radius 3 is 2.38 bits per heavy atom. The molecule has 0 saturated carbocycles. The molecular formula is C22H29FN4O5. The SMILES string of the molecule is CN1C(=O)CCC(NC(=O)c2ccc(N3CCN(C(=O)OC(C)(C)C)CC3)cc2F)C1=O. The average molecular weight is 448 g/mol. The van der Waals surface area contributed by atoms with Gasteiger partial charge in [-0.15, -0.1) is 0 Å². The second-order valence-electron chi connectivity index (χ2n) is 8.97. The molecule has 1 N–H and O–H groups in total. The van der Waals surface area contributed by atoms with Gasteiger partial charge in [0.25, 0.3) is 11.8 Å². The van der Waals surface area contributed by atoms with Crippen molar-refractivity contribution in [2.24, 2.45) is 0 Å². The second kappa shape index (κ2) is 9.13. The van der Waals surface area contributed by atoms with Gasteiger partial charge >= 0.3 is 6.09 Å². The highest BCUT2D eigenvalue weighted by atomic mass is 19.1. The zero-order chi connectivity index (χ0) is 23.6. The summed E-state index contributed by atoms with van der Waals surface area (Å²) in [7, 11) is 1.36. The average Bonchev–Trinajstić information content (AvgIpc) is 2.73. The molecule has 2 aliphatic heterocycles. The molecule has 0 bridgehead atoms. The number of imide groups is 1. The molecule has 2 saturated heterocycles. The molecule has 2 aliphatic rings. The minimum atomic E-state index is -0.856. The molecule has 0 spiro atoms. The van der Waals surface area contributed by atoms with Crippen LogP contribution in [0.4, 0.5) is 14.9 Å². The molecule has 2 heterocycles. The van der Waals surface area contributed by atoms with Crippen LogP contribution in [0.2, 0.25) is 0 Å². The van der Waals surface area contributed by atoms with Crippen LogP contribution in [0, 0.1) is 5.82 Å². The largest absolute Gasteiger partial charge is 0.444 e. The number of benzene rings is 1. The van der Waals surface area contributed by atoms with E-state index in [0.717, 1.165) is 4.90 Å². The highest BCUT2D eigenvalue weighted by Gasteiger charge is 2.33. The van der Waals surface area contributed by atoms with E-state index in [2.05, 4.69) is 5.32 Å². The number of carbonyl (C=O) groups excluding carboxylic acids is 4. The number of rotatable bonds is 3. The maximum absolute atomic E-state index is 14.7. The third kappa shape index (κ3) is 5.35. The van der Waals surface area contributed by atoms with Crippen molar-refractivity contribution < 1.29 is 28.3 Å². The number of likely N-dealkylation sites (tertiary alicyclic amines) is 1. The Morgan fingerprint density at radius 2 is 1.78 bits per heavy atom. The minimum absolute atomic E-state index is 0.143. The monoisotopic (exact) mass is 448 g/mol. The third-order valence-corrected chi connectivity index (χ3v) is 5.45. The highest BCUT2D eigenvalue weighted by molar-refractivity contribution is 6.03. The molecule has 4 amide bonds. The zero-order valence-electron chi connectivity index (χ0n) is 18.8. The van der Waals surface area contributed by atoms with Crippen molar-refractivity contribution in [3.05, 3.63) is 29.6 Å². The van der Waals surface area contributed by atoms with Gasteiger partial charge in [0.05, 0.1) is 5.56 Å². The number of halogens is 1. The molecule has 1 atom stereocenters. The fourth-order valence-electron chi connectivity index (χ4n) is 3.64. The van der Waals surface area contributed by atoms with Gasteiger partial charge in [-0.2, -0.15) is 0 Å². The number of carbonyl (C=O) groups is 4. The quantitative estimate of drug-likeness (QED) is 0.708. The Hall–Kier alpha value is -3.17. The molecule has 1 unspecified atom stereocenters. The number of amides is 4. The molecule has 174 valence electrons. The lowest BCUT2D eigenvalue weighted by Crippen LogP contribution is -2.53. The Kier molecular flexibility index (Phi) is 6.71. The summed E-state index contributed by atoms with van der Waals surface area (Å²) in [6.45, 7) is 7.31. The molecule has 9 nitrogen and oxygen atoms in total. The zero-order valence-corrected chi connectivity index (χ0v) is 18.8. The van der Waals surface area contributed by atoms with E-state index in [9.17, 15) is 23.6 Å². The second-order valence-corrected chi connectivity index (χ2v) is 8.97. The predicted molar refractivity (Wildman–Crippen MR) is 115 cm³/mol. The summed E-state index contributed by atoms with van der Waals surface area (Å²) in [6, 6.07) is 3.43. The first kappa shape index (κ1) is 23.5. The fourth-order valence-corrected chi connectivity index (χ4v) is 3.64. The number of piperidine rings is 1. The Labute approximate surface area is 186 Å². The van der Waals surface area contributed by atoms with Crippen molar-refractivity contribution in [2.45, 2.75) is 45.3 Å². The number of piperazine rings is 1. The smallest absolute Gasteiger partial charge is 0.410 e. The summed E-state index contributed by atoms with van der Waals surface area (Å²) < 4.78 is 20.1. The van der Waals surface area contributed by atoms with E-state index in [4.69, 9.17) is 4.74 Å². The van der Waals surface area contributed by atoms with E-state index in [-0.39, 0.29) is 30.4 Å². The molecule has 10 heteroatoms. The van der Waals surface area contributed by atoms with E-state index in [1.807, 2.05) is 25.7 Å². The van der Waals surface area contributed by atoms with E-state index in [1.54, 1.807) is 11.0 Å². The number of likely N-dealkylation sites (N-methyl/N-ethyl adjacent to an activating group) is 1. The van der Waals surface area contributed by atoms with Crippen LogP contribution in [0.1, 0.15) is 44.0 Å². The molecular weight excluding hydrogens is 419 g/mol. The highest BCUT2D eigenvalue weighted by Crippen LogP contribution is 2.22. The molecule has 0 aromatic heterocycles. The summed E-state index contributed by atoms with van der Waals surface area (Å²) in [4.78, 5) is 52.9.